The van der Waals surface area contributed by atoms with Crippen molar-refractivity contribution in [2.24, 2.45) is 10.0 Å². The van der Waals surface area contributed by atoms with E-state index < -0.39 is 15.1 Å². The lowest BCUT2D eigenvalue weighted by molar-refractivity contribution is 0.575. The van der Waals surface area contributed by atoms with E-state index in [4.69, 9.17) is 10.0 Å². The van der Waals surface area contributed by atoms with Gasteiger partial charge < -0.3 is 0 Å². The summed E-state index contributed by atoms with van der Waals surface area (Å²) in [6.07, 6.45) is 0. The molecule has 0 radical (unpaired) electrons. The minimum absolute atomic E-state index is 0.152. The molecule has 6 aromatic carbocycles. The van der Waals surface area contributed by atoms with Crippen molar-refractivity contribution in [2.75, 3.05) is 18.7 Å². The largest absolute Gasteiger partial charge is 0.390 e. The molecule has 2 N–H and O–H groups in total. The van der Waals surface area contributed by atoms with Gasteiger partial charge in [0, 0.05) is 22.8 Å². The van der Waals surface area contributed by atoms with Crippen molar-refractivity contribution in [1.29, 1.82) is 0 Å². The summed E-state index contributed by atoms with van der Waals surface area (Å²) >= 11 is 0. The zero-order valence-corrected chi connectivity index (χ0v) is 54.2. The second-order valence-electron chi connectivity index (χ2n) is 24.5. The molecule has 0 unspecified atom stereocenters. The Hall–Kier alpha value is -5.58. The second-order valence-corrected chi connectivity index (χ2v) is 29.1. The molecule has 424 valence electrons. The molecule has 0 aromatic heterocycles. The SMILES string of the molecule is CC1=C(C)N(c2c(C(C)C)cccc2C(C)C)P(=O)(N=P2(N)N(c3c(C(C)C)cccc3C(C)C)C(C)=C(C)N2c2c(C(C)C)cccc2C(C)C)N1c1c(C(C)C)cccc1C(C)C.Cc1ccccc1.Cc1ccccc1. The monoisotopic (exact) mass is 1100 g/mol. The average molecular weight is 1100 g/mol. The van der Waals surface area contributed by atoms with Crippen molar-refractivity contribution in [3.63, 3.8) is 0 Å². The lowest BCUT2D eigenvalue weighted by atomic mass is 9.92. The molecular weight excluding hydrogens is 1000 g/mol. The number of nitrogens with zero attached hydrogens (tertiary/aromatic N) is 5. The smallest absolute Gasteiger partial charge is 0.281 e. The van der Waals surface area contributed by atoms with Crippen LogP contribution in [0.1, 0.15) is 241 Å². The predicted molar refractivity (Wildman–Crippen MR) is 349 cm³/mol. The molecule has 0 spiro atoms. The topological polar surface area (TPSA) is 68.4 Å². The molecule has 9 heteroatoms. The summed E-state index contributed by atoms with van der Waals surface area (Å²) in [6, 6.07) is 47.2. The first kappa shape index (κ1) is 62.6. The first-order valence-electron chi connectivity index (χ1n) is 29.3. The Labute approximate surface area is 480 Å². The fourth-order valence-corrected chi connectivity index (χ4v) is 18.6. The van der Waals surface area contributed by atoms with Gasteiger partial charge in [-0.3, -0.25) is 24.2 Å². The molecule has 0 atom stereocenters. The Balaban J connectivity index is 0.000000623. The van der Waals surface area contributed by atoms with Crippen LogP contribution in [0.15, 0.2) is 161 Å². The normalized spacial score (nSPS) is 15.2. The Kier molecular flexibility index (Phi) is 20.5. The van der Waals surface area contributed by atoms with E-state index in [1.807, 2.05) is 36.4 Å². The third-order valence-electron chi connectivity index (χ3n) is 15.8. The van der Waals surface area contributed by atoms with E-state index in [9.17, 15) is 0 Å². The van der Waals surface area contributed by atoms with E-state index >= 15 is 4.57 Å². The summed E-state index contributed by atoms with van der Waals surface area (Å²) < 4.78 is 33.7. The van der Waals surface area contributed by atoms with Crippen molar-refractivity contribution in [3.8, 4) is 0 Å². The highest BCUT2D eigenvalue weighted by molar-refractivity contribution is 7.78. The van der Waals surface area contributed by atoms with Gasteiger partial charge in [-0.05, 0) is 133 Å². The summed E-state index contributed by atoms with van der Waals surface area (Å²) in [5, 5.41) is 0. The van der Waals surface area contributed by atoms with Gasteiger partial charge in [-0.1, -0.05) is 255 Å². The summed E-state index contributed by atoms with van der Waals surface area (Å²) in [4.78, 5) is 0. The summed E-state index contributed by atoms with van der Waals surface area (Å²) in [5.41, 5.74) is 28.9. The van der Waals surface area contributed by atoms with Crippen molar-refractivity contribution in [3.05, 3.63) is 212 Å². The van der Waals surface area contributed by atoms with Crippen LogP contribution < -0.4 is 24.2 Å². The lowest BCUT2D eigenvalue weighted by Crippen LogP contribution is -2.31. The molecular formula is C70H98N6OP2. The van der Waals surface area contributed by atoms with E-state index in [1.54, 1.807) is 0 Å². The van der Waals surface area contributed by atoms with Crippen LogP contribution in [0.25, 0.3) is 0 Å². The van der Waals surface area contributed by atoms with Gasteiger partial charge >= 0.3 is 7.59 Å². The molecule has 79 heavy (non-hydrogen) atoms. The van der Waals surface area contributed by atoms with E-state index in [1.165, 1.54) is 33.4 Å². The van der Waals surface area contributed by atoms with Crippen molar-refractivity contribution in [2.45, 2.75) is 200 Å². The van der Waals surface area contributed by atoms with Crippen LogP contribution in [-0.2, 0) is 4.57 Å². The fourth-order valence-electron chi connectivity index (χ4n) is 11.3. The lowest BCUT2D eigenvalue weighted by Gasteiger charge is -2.43. The maximum Gasteiger partial charge on any atom is 0.390 e. The van der Waals surface area contributed by atoms with Crippen LogP contribution >= 0.6 is 15.1 Å². The number of allylic oxidation sites excluding steroid dienone is 4. The van der Waals surface area contributed by atoms with E-state index in [0.717, 1.165) is 67.8 Å². The first-order chi connectivity index (χ1) is 37.1. The van der Waals surface area contributed by atoms with Gasteiger partial charge in [-0.2, -0.15) is 4.52 Å². The highest BCUT2D eigenvalue weighted by Crippen LogP contribution is 2.76. The fraction of sp³-hybridized carbons (Fsp3) is 0.429. The Morgan fingerprint density at radius 1 is 0.304 bits per heavy atom. The average Bonchev–Trinajstić information content (AvgIpc) is 3.03. The minimum Gasteiger partial charge on any atom is -0.281 e. The molecule has 0 saturated carbocycles. The molecule has 7 nitrogen and oxygen atoms in total. The zero-order chi connectivity index (χ0) is 58.6. The van der Waals surface area contributed by atoms with Crippen LogP contribution in [0.2, 0.25) is 0 Å². The molecule has 2 aliphatic heterocycles. The molecule has 6 aromatic rings. The molecule has 0 aliphatic carbocycles. The second kappa shape index (κ2) is 25.9. The first-order valence-corrected chi connectivity index (χ1v) is 32.6. The maximum atomic E-state index is 18.3. The van der Waals surface area contributed by atoms with Crippen LogP contribution in [0.3, 0.4) is 0 Å². The molecule has 2 aliphatic rings. The Bertz CT molecular complexity index is 2930. The van der Waals surface area contributed by atoms with Crippen LogP contribution in [0, 0.1) is 13.8 Å². The number of aryl methyl sites for hydroxylation is 2. The van der Waals surface area contributed by atoms with Gasteiger partial charge in [0.25, 0.3) is 0 Å². The Morgan fingerprint density at radius 3 is 0.671 bits per heavy atom. The third-order valence-corrected chi connectivity index (χ3v) is 22.0. The Morgan fingerprint density at radius 2 is 0.494 bits per heavy atom. The number of para-hydroxylation sites is 4. The number of hydrogen-bond donors (Lipinski definition) is 1. The standard InChI is InChI=1S/C56H82N6OP2.2C7H8/c1-33(2)45-25-21-26-46(34(3)4)53(45)59-41(17)42(18)60(54-47(35(5)6)27-22-28-48(54)36(7)8)64(59,57)58-65(63)61(55-49(37(9)10)29-23-30-50(55)38(11)12)43(19)44(20)62(65)56-51(39(13)14)31-24-32-52(56)40(15)16;2*1-7-5-3-2-4-6-7/h21-40H,57H2,1-20H3;2*2-6H,1H3. The number of anilines is 4. The van der Waals surface area contributed by atoms with Crippen LogP contribution in [0.4, 0.5) is 22.7 Å². The molecule has 2 heterocycles. The van der Waals surface area contributed by atoms with Crippen LogP contribution in [0.5, 0.6) is 0 Å². The number of nitrogens with two attached hydrogens (primary N) is 1. The van der Waals surface area contributed by atoms with E-state index in [2.05, 4.69) is 268 Å². The summed E-state index contributed by atoms with van der Waals surface area (Å²) in [6.45, 7) is 49.0. The van der Waals surface area contributed by atoms with E-state index in [-0.39, 0.29) is 47.3 Å². The molecule has 0 amide bonds. The maximum absolute atomic E-state index is 18.3. The van der Waals surface area contributed by atoms with E-state index in [0.29, 0.717) is 0 Å². The van der Waals surface area contributed by atoms with Crippen molar-refractivity contribution in [1.82, 2.24) is 0 Å². The molecule has 0 fully saturated rings. The van der Waals surface area contributed by atoms with Gasteiger partial charge in [-0.25, -0.2) is 4.57 Å². The molecule has 0 saturated heterocycles. The summed E-state index contributed by atoms with van der Waals surface area (Å²) in [7, 11) is -7.88. The predicted octanol–water partition coefficient (Wildman–Crippen LogP) is 22.5. The highest BCUT2D eigenvalue weighted by Gasteiger charge is 2.55. The van der Waals surface area contributed by atoms with Gasteiger partial charge in [0.1, 0.15) is 0 Å². The van der Waals surface area contributed by atoms with Gasteiger partial charge in [0.2, 0.25) is 7.51 Å². The van der Waals surface area contributed by atoms with Crippen molar-refractivity contribution >= 4 is 37.9 Å². The van der Waals surface area contributed by atoms with Gasteiger partial charge in [0.05, 0.1) is 22.7 Å². The van der Waals surface area contributed by atoms with Gasteiger partial charge in [0.15, 0.2) is 0 Å². The minimum atomic E-state index is -4.22. The zero-order valence-electron chi connectivity index (χ0n) is 52.4. The highest BCUT2D eigenvalue weighted by atomic mass is 31.2. The quantitative estimate of drug-likeness (QED) is 0.116. The molecule has 0 bridgehead atoms. The number of hydrogen-bond acceptors (Lipinski definition) is 1. The number of benzene rings is 6. The van der Waals surface area contributed by atoms with Crippen LogP contribution in [-0.4, -0.2) is 0 Å². The number of rotatable bonds is 13. The summed E-state index contributed by atoms with van der Waals surface area (Å²) in [5.74, 6) is 1.36. The molecule has 8 rings (SSSR count). The van der Waals surface area contributed by atoms with Gasteiger partial charge in [-0.15, -0.1) is 0 Å². The third kappa shape index (κ3) is 12.7. The van der Waals surface area contributed by atoms with Crippen molar-refractivity contribution < 1.29 is 4.57 Å².